The average Bonchev–Trinajstić information content (AvgIpc) is 2.45. The number of hydrogen-bond donors (Lipinski definition) is 1. The van der Waals surface area contributed by atoms with Crippen LogP contribution in [0, 0.1) is 30.9 Å². The first-order valence-corrected chi connectivity index (χ1v) is 6.98. The highest BCUT2D eigenvalue weighted by molar-refractivity contribution is 5.93. The van der Waals surface area contributed by atoms with E-state index < -0.39 is 4.92 Å². The number of carbonyl (C=O) groups is 1. The molecule has 2 aromatic rings. The van der Waals surface area contributed by atoms with E-state index in [1.807, 2.05) is 32.0 Å². The number of aryl methyl sites for hydroxylation is 2. The lowest BCUT2D eigenvalue weighted by molar-refractivity contribution is -0.385. The van der Waals surface area contributed by atoms with Crippen molar-refractivity contribution in [1.82, 2.24) is 0 Å². The molecule has 2 rings (SSSR count). The van der Waals surface area contributed by atoms with Crippen LogP contribution in [-0.4, -0.2) is 10.8 Å². The first-order valence-electron chi connectivity index (χ1n) is 6.98. The van der Waals surface area contributed by atoms with Crippen LogP contribution in [0.4, 0.5) is 11.4 Å². The molecule has 0 atom stereocenters. The van der Waals surface area contributed by atoms with Crippen LogP contribution < -0.4 is 5.32 Å². The zero-order chi connectivity index (χ0) is 16.3. The average molecular weight is 298 g/mol. The van der Waals surface area contributed by atoms with Crippen molar-refractivity contribution in [2.75, 3.05) is 5.32 Å². The van der Waals surface area contributed by atoms with Crippen molar-refractivity contribution in [3.05, 3.63) is 68.8 Å². The molecular weight excluding hydrogens is 280 g/mol. The van der Waals surface area contributed by atoms with E-state index in [9.17, 15) is 14.9 Å². The lowest BCUT2D eigenvalue weighted by Crippen LogP contribution is -2.15. The van der Waals surface area contributed by atoms with Gasteiger partial charge in [0.1, 0.15) is 0 Å². The summed E-state index contributed by atoms with van der Waals surface area (Å²) in [5.41, 5.74) is 4.17. The lowest BCUT2D eigenvalue weighted by Gasteiger charge is -2.09. The van der Waals surface area contributed by atoms with Gasteiger partial charge in [-0.15, -0.1) is 0 Å². The molecule has 0 unspecified atom stereocenters. The van der Waals surface area contributed by atoms with Crippen molar-refractivity contribution < 1.29 is 9.72 Å². The molecule has 5 nitrogen and oxygen atoms in total. The molecule has 0 spiro atoms. The fraction of sp³-hybridized carbons (Fsp3) is 0.235. The molecule has 0 aliphatic heterocycles. The van der Waals surface area contributed by atoms with Gasteiger partial charge in [0.05, 0.1) is 22.6 Å². The fourth-order valence-corrected chi connectivity index (χ4v) is 2.25. The molecule has 0 bridgehead atoms. The van der Waals surface area contributed by atoms with E-state index in [2.05, 4.69) is 5.32 Å². The minimum absolute atomic E-state index is 0.00369. The third-order valence-corrected chi connectivity index (χ3v) is 3.71. The van der Waals surface area contributed by atoms with Gasteiger partial charge in [-0.25, -0.2) is 0 Å². The third-order valence-electron chi connectivity index (χ3n) is 3.71. The van der Waals surface area contributed by atoms with E-state index in [1.165, 1.54) is 11.6 Å². The summed E-state index contributed by atoms with van der Waals surface area (Å²) < 4.78 is 0. The van der Waals surface area contributed by atoms with Gasteiger partial charge in [0.25, 0.3) is 5.69 Å². The van der Waals surface area contributed by atoms with E-state index in [0.29, 0.717) is 11.3 Å². The summed E-state index contributed by atoms with van der Waals surface area (Å²) in [6.45, 7) is 5.65. The quantitative estimate of drug-likeness (QED) is 0.691. The first-order chi connectivity index (χ1) is 10.4. The number of nitro groups is 1. The van der Waals surface area contributed by atoms with Gasteiger partial charge in [-0.3, -0.25) is 14.9 Å². The minimum Gasteiger partial charge on any atom is -0.325 e. The number of carbonyl (C=O) groups excluding carboxylic acids is 1. The maximum atomic E-state index is 12.1. The lowest BCUT2D eigenvalue weighted by atomic mass is 10.0. The highest BCUT2D eigenvalue weighted by Gasteiger charge is 2.15. The van der Waals surface area contributed by atoms with Gasteiger partial charge in [-0.2, -0.15) is 0 Å². The highest BCUT2D eigenvalue weighted by Crippen LogP contribution is 2.25. The minimum atomic E-state index is -0.450. The van der Waals surface area contributed by atoms with Gasteiger partial charge in [0.2, 0.25) is 5.91 Å². The Labute approximate surface area is 129 Å². The summed E-state index contributed by atoms with van der Waals surface area (Å²) >= 11 is 0. The van der Waals surface area contributed by atoms with Crippen molar-refractivity contribution in [2.45, 2.75) is 27.2 Å². The zero-order valence-electron chi connectivity index (χ0n) is 12.8. The SMILES string of the molecule is Cc1ccc(CC(=O)Nc2cccc([N+](=O)[O-])c2C)cc1C. The molecule has 5 heteroatoms. The summed E-state index contributed by atoms with van der Waals surface area (Å²) in [6.07, 6.45) is 0.239. The number of nitrogens with zero attached hydrogens (tertiary/aromatic N) is 1. The number of benzene rings is 2. The molecule has 0 heterocycles. The normalized spacial score (nSPS) is 10.3. The molecule has 2 aromatic carbocycles. The number of amides is 1. The third kappa shape index (κ3) is 3.49. The predicted molar refractivity (Wildman–Crippen MR) is 86.1 cm³/mol. The molecule has 1 amide bonds. The Bertz CT molecular complexity index is 739. The maximum Gasteiger partial charge on any atom is 0.274 e. The van der Waals surface area contributed by atoms with Crippen LogP contribution in [0.15, 0.2) is 36.4 Å². The molecule has 0 aromatic heterocycles. The second-order valence-electron chi connectivity index (χ2n) is 5.35. The second kappa shape index (κ2) is 6.39. The second-order valence-corrected chi connectivity index (χ2v) is 5.35. The van der Waals surface area contributed by atoms with Crippen molar-refractivity contribution in [3.8, 4) is 0 Å². The number of hydrogen-bond acceptors (Lipinski definition) is 3. The predicted octanol–water partition coefficient (Wildman–Crippen LogP) is 3.70. The van der Waals surface area contributed by atoms with E-state index in [1.54, 1.807) is 19.1 Å². The standard InChI is InChI=1S/C17H18N2O3/c1-11-7-8-14(9-12(11)2)10-17(20)18-15-5-4-6-16(13(15)3)19(21)22/h4-9H,10H2,1-3H3,(H,18,20). The van der Waals surface area contributed by atoms with Crippen LogP contribution in [0.25, 0.3) is 0 Å². The Kier molecular flexibility index (Phi) is 4.56. The maximum absolute atomic E-state index is 12.1. The van der Waals surface area contributed by atoms with Gasteiger partial charge in [0, 0.05) is 6.07 Å². The van der Waals surface area contributed by atoms with Crippen molar-refractivity contribution >= 4 is 17.3 Å². The molecular formula is C17H18N2O3. The first kappa shape index (κ1) is 15.7. The Balaban J connectivity index is 2.14. The van der Waals surface area contributed by atoms with Crippen molar-refractivity contribution in [2.24, 2.45) is 0 Å². The van der Waals surface area contributed by atoms with Crippen molar-refractivity contribution in [1.29, 1.82) is 0 Å². The number of nitro benzene ring substituents is 1. The van der Waals surface area contributed by atoms with Gasteiger partial charge >= 0.3 is 0 Å². The highest BCUT2D eigenvalue weighted by atomic mass is 16.6. The van der Waals surface area contributed by atoms with Crippen LogP contribution in [0.3, 0.4) is 0 Å². The van der Waals surface area contributed by atoms with Crippen molar-refractivity contribution in [3.63, 3.8) is 0 Å². The molecule has 0 radical (unpaired) electrons. The molecule has 0 aliphatic rings. The number of anilines is 1. The Morgan fingerprint density at radius 3 is 2.50 bits per heavy atom. The van der Waals surface area contributed by atoms with Crippen LogP contribution in [-0.2, 0) is 11.2 Å². The van der Waals surface area contributed by atoms with Crippen LogP contribution in [0.1, 0.15) is 22.3 Å². The fourth-order valence-electron chi connectivity index (χ4n) is 2.25. The van der Waals surface area contributed by atoms with E-state index in [4.69, 9.17) is 0 Å². The molecule has 22 heavy (non-hydrogen) atoms. The topological polar surface area (TPSA) is 72.2 Å². The molecule has 114 valence electrons. The van der Waals surface area contributed by atoms with Gasteiger partial charge in [-0.05, 0) is 43.5 Å². The molecule has 0 saturated carbocycles. The van der Waals surface area contributed by atoms with Gasteiger partial charge in [-0.1, -0.05) is 24.3 Å². The van der Waals surface area contributed by atoms with E-state index in [0.717, 1.165) is 11.1 Å². The number of rotatable bonds is 4. The van der Waals surface area contributed by atoms with Crippen LogP contribution >= 0.6 is 0 Å². The Morgan fingerprint density at radius 2 is 1.86 bits per heavy atom. The Hall–Kier alpha value is -2.69. The van der Waals surface area contributed by atoms with Crippen LogP contribution in [0.5, 0.6) is 0 Å². The summed E-state index contributed by atoms with van der Waals surface area (Å²) in [6, 6.07) is 10.5. The molecule has 0 aliphatic carbocycles. The monoisotopic (exact) mass is 298 g/mol. The van der Waals surface area contributed by atoms with Crippen LogP contribution in [0.2, 0.25) is 0 Å². The number of nitrogens with one attached hydrogen (secondary N) is 1. The summed E-state index contributed by atoms with van der Waals surface area (Å²) in [5, 5.41) is 13.7. The Morgan fingerprint density at radius 1 is 1.14 bits per heavy atom. The van der Waals surface area contributed by atoms with Gasteiger partial charge in [0.15, 0.2) is 0 Å². The molecule has 0 saturated heterocycles. The van der Waals surface area contributed by atoms with Gasteiger partial charge < -0.3 is 5.32 Å². The molecule has 0 fully saturated rings. The van der Waals surface area contributed by atoms with E-state index >= 15 is 0 Å². The molecule has 1 N–H and O–H groups in total. The summed E-state index contributed by atoms with van der Waals surface area (Å²) in [4.78, 5) is 22.6. The summed E-state index contributed by atoms with van der Waals surface area (Å²) in [7, 11) is 0. The smallest absolute Gasteiger partial charge is 0.274 e. The zero-order valence-corrected chi connectivity index (χ0v) is 12.8. The largest absolute Gasteiger partial charge is 0.325 e. The summed E-state index contributed by atoms with van der Waals surface area (Å²) in [5.74, 6) is -0.188. The van der Waals surface area contributed by atoms with E-state index in [-0.39, 0.29) is 18.0 Å².